The van der Waals surface area contributed by atoms with Gasteiger partial charge >= 0.3 is 0 Å². The van der Waals surface area contributed by atoms with Crippen LogP contribution in [0, 0.1) is 5.92 Å². The van der Waals surface area contributed by atoms with E-state index < -0.39 is 33.4 Å². The predicted molar refractivity (Wildman–Crippen MR) is 131 cm³/mol. The average Bonchev–Trinajstić information content (AvgIpc) is 2.75. The van der Waals surface area contributed by atoms with Crippen molar-refractivity contribution >= 4 is 27.5 Å². The third-order valence-corrected chi connectivity index (χ3v) is 6.46. The van der Waals surface area contributed by atoms with Crippen molar-refractivity contribution < 1.29 is 27.5 Å². The molecule has 0 fully saturated rings. The van der Waals surface area contributed by atoms with Crippen LogP contribution in [-0.2, 0) is 14.8 Å². The summed E-state index contributed by atoms with van der Waals surface area (Å²) in [6.07, 6.45) is 0. The largest absolute Gasteiger partial charge is 0.497 e. The molecule has 0 saturated heterocycles. The van der Waals surface area contributed by atoms with Crippen LogP contribution in [0.3, 0.4) is 0 Å². The highest BCUT2D eigenvalue weighted by molar-refractivity contribution is 7.89. The number of hydrogen-bond acceptors (Lipinski definition) is 6. The standard InChI is InChI=1S/C24H33N3O6S/c1-15(2)21(26-22(28)16-11-18(32-6)14-19(12-16)33-7)23(29)25-17-9-8-10-20(13-17)34(30,31)27-24(3,4)5/h8-15,21,27H,1-7H3,(H,25,29)(H,26,28)/t21-/m0/s1. The Labute approximate surface area is 201 Å². The molecule has 2 aromatic rings. The van der Waals surface area contributed by atoms with Crippen molar-refractivity contribution in [3.63, 3.8) is 0 Å². The lowest BCUT2D eigenvalue weighted by molar-refractivity contribution is -0.118. The van der Waals surface area contributed by atoms with Crippen LogP contribution in [-0.4, -0.2) is 46.0 Å². The summed E-state index contributed by atoms with van der Waals surface area (Å²) in [5.41, 5.74) is -0.0887. The van der Waals surface area contributed by atoms with Crippen LogP contribution in [0.15, 0.2) is 47.4 Å². The Balaban J connectivity index is 2.23. The molecule has 0 aliphatic carbocycles. The molecule has 3 N–H and O–H groups in total. The molecule has 0 aliphatic rings. The van der Waals surface area contributed by atoms with E-state index in [9.17, 15) is 18.0 Å². The van der Waals surface area contributed by atoms with Gasteiger partial charge in [0, 0.05) is 22.9 Å². The van der Waals surface area contributed by atoms with Gasteiger partial charge in [0.1, 0.15) is 17.5 Å². The van der Waals surface area contributed by atoms with Crippen LogP contribution in [0.4, 0.5) is 5.69 Å². The van der Waals surface area contributed by atoms with Gasteiger partial charge in [0.25, 0.3) is 5.91 Å². The maximum atomic E-state index is 13.0. The molecule has 186 valence electrons. The van der Waals surface area contributed by atoms with Crippen molar-refractivity contribution in [2.75, 3.05) is 19.5 Å². The molecular weight excluding hydrogens is 458 g/mol. The number of carbonyl (C=O) groups excluding carboxylic acids is 2. The molecule has 0 saturated carbocycles. The molecule has 1 atom stereocenters. The van der Waals surface area contributed by atoms with Gasteiger partial charge in [0.15, 0.2) is 0 Å². The summed E-state index contributed by atoms with van der Waals surface area (Å²) in [6.45, 7) is 8.81. The summed E-state index contributed by atoms with van der Waals surface area (Å²) in [7, 11) is -0.819. The van der Waals surface area contributed by atoms with Gasteiger partial charge in [-0.05, 0) is 57.0 Å². The zero-order valence-electron chi connectivity index (χ0n) is 20.6. The number of anilines is 1. The van der Waals surface area contributed by atoms with Crippen molar-refractivity contribution in [2.45, 2.75) is 51.1 Å². The number of sulfonamides is 1. The second-order valence-electron chi connectivity index (χ2n) is 9.17. The molecule has 0 bridgehead atoms. The number of benzene rings is 2. The van der Waals surface area contributed by atoms with Gasteiger partial charge in [-0.2, -0.15) is 0 Å². The molecule has 2 rings (SSSR count). The Morgan fingerprint density at radius 3 is 2.03 bits per heavy atom. The number of methoxy groups -OCH3 is 2. The van der Waals surface area contributed by atoms with Crippen LogP contribution in [0.25, 0.3) is 0 Å². The van der Waals surface area contributed by atoms with Crippen LogP contribution in [0.1, 0.15) is 45.0 Å². The molecule has 0 radical (unpaired) electrons. The molecule has 0 spiro atoms. The van der Waals surface area contributed by atoms with E-state index in [1.165, 1.54) is 26.4 Å². The number of amides is 2. The highest BCUT2D eigenvalue weighted by Crippen LogP contribution is 2.23. The SMILES string of the molecule is COc1cc(OC)cc(C(=O)N[C@H](C(=O)Nc2cccc(S(=O)(=O)NC(C)(C)C)c2)C(C)C)c1. The quantitative estimate of drug-likeness (QED) is 0.495. The normalized spacial score (nSPS) is 12.7. The Morgan fingerprint density at radius 2 is 1.53 bits per heavy atom. The number of rotatable bonds is 9. The minimum atomic E-state index is -3.78. The van der Waals surface area contributed by atoms with Gasteiger partial charge in [0.05, 0.1) is 19.1 Å². The van der Waals surface area contributed by atoms with E-state index >= 15 is 0 Å². The third-order valence-electron chi connectivity index (χ3n) is 4.70. The Bertz CT molecular complexity index is 1120. The summed E-state index contributed by atoms with van der Waals surface area (Å²) < 4.78 is 38.2. The lowest BCUT2D eigenvalue weighted by atomic mass is 10.0. The zero-order chi connectivity index (χ0) is 25.7. The first kappa shape index (κ1) is 27.1. The molecule has 34 heavy (non-hydrogen) atoms. The molecule has 2 amide bonds. The van der Waals surface area contributed by atoms with Crippen LogP contribution in [0.2, 0.25) is 0 Å². The lowest BCUT2D eigenvalue weighted by Crippen LogP contribution is -2.47. The molecule has 0 unspecified atom stereocenters. The Kier molecular flexibility index (Phi) is 8.68. The second kappa shape index (κ2) is 10.9. The first-order chi connectivity index (χ1) is 15.8. The van der Waals surface area contributed by atoms with E-state index in [4.69, 9.17) is 9.47 Å². The lowest BCUT2D eigenvalue weighted by Gasteiger charge is -2.23. The first-order valence-corrected chi connectivity index (χ1v) is 12.2. The smallest absolute Gasteiger partial charge is 0.252 e. The molecule has 0 aromatic heterocycles. The minimum Gasteiger partial charge on any atom is -0.497 e. The van der Waals surface area contributed by atoms with Crippen molar-refractivity contribution in [2.24, 2.45) is 5.92 Å². The maximum Gasteiger partial charge on any atom is 0.252 e. The van der Waals surface area contributed by atoms with Crippen LogP contribution >= 0.6 is 0 Å². The fourth-order valence-corrected chi connectivity index (χ4v) is 4.58. The Morgan fingerprint density at radius 1 is 0.941 bits per heavy atom. The second-order valence-corrected chi connectivity index (χ2v) is 10.9. The Hall–Kier alpha value is -3.11. The summed E-state index contributed by atoms with van der Waals surface area (Å²) in [6, 6.07) is 9.79. The number of nitrogens with one attached hydrogen (secondary N) is 3. The van der Waals surface area contributed by atoms with Crippen LogP contribution in [0.5, 0.6) is 11.5 Å². The van der Waals surface area contributed by atoms with Crippen molar-refractivity contribution in [1.82, 2.24) is 10.0 Å². The molecule has 2 aromatic carbocycles. The topological polar surface area (TPSA) is 123 Å². The van der Waals surface area contributed by atoms with Gasteiger partial charge in [-0.1, -0.05) is 19.9 Å². The van der Waals surface area contributed by atoms with Gasteiger partial charge < -0.3 is 20.1 Å². The van der Waals surface area contributed by atoms with E-state index in [0.29, 0.717) is 17.2 Å². The number of carbonyl (C=O) groups is 2. The van der Waals surface area contributed by atoms with Crippen molar-refractivity contribution in [3.8, 4) is 11.5 Å². The van der Waals surface area contributed by atoms with Crippen LogP contribution < -0.4 is 24.8 Å². The molecular formula is C24H33N3O6S. The summed E-state index contributed by atoms with van der Waals surface area (Å²) in [5, 5.41) is 5.44. The molecule has 9 nitrogen and oxygen atoms in total. The first-order valence-electron chi connectivity index (χ1n) is 10.7. The van der Waals surface area contributed by atoms with Gasteiger partial charge in [-0.15, -0.1) is 0 Å². The van der Waals surface area contributed by atoms with Gasteiger partial charge in [0.2, 0.25) is 15.9 Å². The fourth-order valence-electron chi connectivity index (χ4n) is 3.12. The van der Waals surface area contributed by atoms with Gasteiger partial charge in [-0.25, -0.2) is 13.1 Å². The highest BCUT2D eigenvalue weighted by atomic mass is 32.2. The third kappa shape index (κ3) is 7.46. The number of hydrogen-bond donors (Lipinski definition) is 3. The average molecular weight is 492 g/mol. The highest BCUT2D eigenvalue weighted by Gasteiger charge is 2.26. The summed E-state index contributed by atoms with van der Waals surface area (Å²) >= 11 is 0. The summed E-state index contributed by atoms with van der Waals surface area (Å²) in [4.78, 5) is 25.9. The number of ether oxygens (including phenoxy) is 2. The van der Waals surface area contributed by atoms with E-state index in [0.717, 1.165) is 0 Å². The van der Waals surface area contributed by atoms with Gasteiger partial charge in [-0.3, -0.25) is 9.59 Å². The monoisotopic (exact) mass is 491 g/mol. The van der Waals surface area contributed by atoms with Crippen molar-refractivity contribution in [3.05, 3.63) is 48.0 Å². The summed E-state index contributed by atoms with van der Waals surface area (Å²) in [5.74, 6) is -0.312. The van der Waals surface area contributed by atoms with E-state index in [1.807, 2.05) is 0 Å². The predicted octanol–water partition coefficient (Wildman–Crippen LogP) is 3.17. The van der Waals surface area contributed by atoms with E-state index in [1.54, 1.807) is 65.0 Å². The van der Waals surface area contributed by atoms with Crippen molar-refractivity contribution in [1.29, 1.82) is 0 Å². The fraction of sp³-hybridized carbons (Fsp3) is 0.417. The van der Waals surface area contributed by atoms with E-state index in [-0.39, 0.29) is 16.4 Å². The molecule has 0 aliphatic heterocycles. The van der Waals surface area contributed by atoms with E-state index in [2.05, 4.69) is 15.4 Å². The molecule has 0 heterocycles. The molecule has 10 heteroatoms. The zero-order valence-corrected chi connectivity index (χ0v) is 21.4. The maximum absolute atomic E-state index is 13.0. The minimum absolute atomic E-state index is 0.0221.